The Morgan fingerprint density at radius 3 is 2.62 bits per heavy atom. The molecule has 2 aromatic heterocycles. The van der Waals surface area contributed by atoms with Crippen LogP contribution in [-0.4, -0.2) is 29.7 Å². The van der Waals surface area contributed by atoms with E-state index in [0.29, 0.717) is 24.2 Å². The zero-order chi connectivity index (χ0) is 18.7. The van der Waals surface area contributed by atoms with E-state index in [1.807, 2.05) is 36.6 Å². The van der Waals surface area contributed by atoms with Gasteiger partial charge < -0.3 is 9.47 Å². The highest BCUT2D eigenvalue weighted by atomic mass is 32.1. The van der Waals surface area contributed by atoms with Crippen molar-refractivity contribution in [1.82, 2.24) is 9.55 Å². The molecule has 0 spiro atoms. The summed E-state index contributed by atoms with van der Waals surface area (Å²) in [4.78, 5) is 29.7. The molecule has 3 aromatic rings. The molecule has 6 nitrogen and oxygen atoms in total. The number of methoxy groups -OCH3 is 2. The van der Waals surface area contributed by atoms with Gasteiger partial charge in [0.1, 0.15) is 16.4 Å². The topological polar surface area (TPSA) is 70.4 Å². The van der Waals surface area contributed by atoms with E-state index in [1.54, 1.807) is 11.7 Å². The molecule has 1 aromatic carbocycles. The number of benzene rings is 1. The number of ether oxygens (including phenoxy) is 2. The summed E-state index contributed by atoms with van der Waals surface area (Å²) in [5.74, 6) is 1.14. The van der Waals surface area contributed by atoms with Crippen LogP contribution in [0.4, 0.5) is 0 Å². The van der Waals surface area contributed by atoms with Crippen molar-refractivity contribution >= 4 is 27.5 Å². The summed E-state index contributed by atoms with van der Waals surface area (Å²) in [6.45, 7) is 2.24. The third-order valence-electron chi connectivity index (χ3n) is 4.28. The summed E-state index contributed by atoms with van der Waals surface area (Å²) in [6.07, 6.45) is 0.804. The molecule has 0 amide bonds. The summed E-state index contributed by atoms with van der Waals surface area (Å²) in [5, 5.41) is 2.57. The van der Waals surface area contributed by atoms with Crippen LogP contribution in [-0.2, 0) is 16.1 Å². The van der Waals surface area contributed by atoms with Gasteiger partial charge in [-0.3, -0.25) is 14.2 Å². The number of fused-ring (bicyclic) bond motifs is 1. The summed E-state index contributed by atoms with van der Waals surface area (Å²) in [6, 6.07) is 7.60. The monoisotopic (exact) mass is 372 g/mol. The number of nitrogens with zero attached hydrogens (tertiary/aromatic N) is 2. The number of carbonyl (C=O) groups is 1. The molecule has 0 aliphatic heterocycles. The molecular weight excluding hydrogens is 352 g/mol. The standard InChI is InChI=1S/C19H20N2O4S/c1-12-20-18-17(19(23)21(12)10-4-5-16(22)25-3)15(11-26-18)13-6-8-14(24-2)9-7-13/h6-9,11H,4-5,10H2,1-3H3. The highest BCUT2D eigenvalue weighted by Gasteiger charge is 2.15. The molecule has 0 bridgehead atoms. The molecule has 0 unspecified atom stereocenters. The first-order valence-corrected chi connectivity index (χ1v) is 9.13. The van der Waals surface area contributed by atoms with E-state index in [9.17, 15) is 9.59 Å². The Kier molecular flexibility index (Phi) is 5.37. The van der Waals surface area contributed by atoms with E-state index in [0.717, 1.165) is 21.7 Å². The normalized spacial score (nSPS) is 10.9. The lowest BCUT2D eigenvalue weighted by Crippen LogP contribution is -2.24. The molecule has 0 atom stereocenters. The van der Waals surface area contributed by atoms with Crippen LogP contribution >= 0.6 is 11.3 Å². The van der Waals surface area contributed by atoms with Gasteiger partial charge in [-0.2, -0.15) is 0 Å². The minimum absolute atomic E-state index is 0.0792. The van der Waals surface area contributed by atoms with E-state index < -0.39 is 0 Å². The van der Waals surface area contributed by atoms with Crippen LogP contribution < -0.4 is 10.3 Å². The lowest BCUT2D eigenvalue weighted by molar-refractivity contribution is -0.140. The van der Waals surface area contributed by atoms with Crippen LogP contribution in [0.2, 0.25) is 0 Å². The van der Waals surface area contributed by atoms with Gasteiger partial charge in [-0.25, -0.2) is 4.98 Å². The van der Waals surface area contributed by atoms with Crippen molar-refractivity contribution in [3.63, 3.8) is 0 Å². The SMILES string of the molecule is COC(=O)CCCn1c(C)nc2scc(-c3ccc(OC)cc3)c2c1=O. The maximum atomic E-state index is 13.1. The van der Waals surface area contributed by atoms with Crippen molar-refractivity contribution < 1.29 is 14.3 Å². The maximum Gasteiger partial charge on any atom is 0.305 e. The molecule has 0 aliphatic rings. The van der Waals surface area contributed by atoms with E-state index in [2.05, 4.69) is 9.72 Å². The molecule has 2 heterocycles. The van der Waals surface area contributed by atoms with Gasteiger partial charge in [0.15, 0.2) is 0 Å². The Hall–Kier alpha value is -2.67. The van der Waals surface area contributed by atoms with E-state index >= 15 is 0 Å². The van der Waals surface area contributed by atoms with Crippen LogP contribution in [0.5, 0.6) is 5.75 Å². The molecule has 26 heavy (non-hydrogen) atoms. The van der Waals surface area contributed by atoms with Gasteiger partial charge in [0.05, 0.1) is 19.6 Å². The first-order chi connectivity index (χ1) is 12.5. The summed E-state index contributed by atoms with van der Waals surface area (Å²) < 4.78 is 11.5. The highest BCUT2D eigenvalue weighted by Crippen LogP contribution is 2.32. The number of esters is 1. The average molecular weight is 372 g/mol. The third-order valence-corrected chi connectivity index (χ3v) is 5.15. The maximum absolute atomic E-state index is 13.1. The van der Waals surface area contributed by atoms with Crippen molar-refractivity contribution in [1.29, 1.82) is 0 Å². The molecule has 0 fully saturated rings. The van der Waals surface area contributed by atoms with E-state index in [1.165, 1.54) is 18.4 Å². The van der Waals surface area contributed by atoms with Crippen molar-refractivity contribution in [2.24, 2.45) is 0 Å². The molecule has 0 radical (unpaired) electrons. The Bertz CT molecular complexity index is 989. The lowest BCUT2D eigenvalue weighted by Gasteiger charge is -2.10. The second-order valence-electron chi connectivity index (χ2n) is 5.85. The number of hydrogen-bond donors (Lipinski definition) is 0. The Labute approximate surface area is 155 Å². The third kappa shape index (κ3) is 3.48. The summed E-state index contributed by atoms with van der Waals surface area (Å²) >= 11 is 1.46. The lowest BCUT2D eigenvalue weighted by atomic mass is 10.1. The first kappa shape index (κ1) is 18.1. The molecule has 3 rings (SSSR count). The minimum atomic E-state index is -0.279. The predicted octanol–water partition coefficient (Wildman–Crippen LogP) is 3.40. The van der Waals surface area contributed by atoms with Gasteiger partial charge in [0.25, 0.3) is 5.56 Å². The molecule has 0 saturated heterocycles. The van der Waals surface area contributed by atoms with E-state index in [4.69, 9.17) is 4.74 Å². The van der Waals surface area contributed by atoms with Crippen LogP contribution in [0.3, 0.4) is 0 Å². The Morgan fingerprint density at radius 1 is 1.23 bits per heavy atom. The molecular formula is C19H20N2O4S. The van der Waals surface area contributed by atoms with E-state index in [-0.39, 0.29) is 17.9 Å². The second kappa shape index (κ2) is 7.70. The molecule has 0 saturated carbocycles. The first-order valence-electron chi connectivity index (χ1n) is 8.25. The fraction of sp³-hybridized carbons (Fsp3) is 0.316. The minimum Gasteiger partial charge on any atom is -0.497 e. The van der Waals surface area contributed by atoms with Gasteiger partial charge in [-0.15, -0.1) is 11.3 Å². The number of aryl methyl sites for hydroxylation is 1. The van der Waals surface area contributed by atoms with Crippen molar-refractivity contribution in [2.45, 2.75) is 26.3 Å². The molecule has 0 N–H and O–H groups in total. The van der Waals surface area contributed by atoms with Crippen molar-refractivity contribution in [2.75, 3.05) is 14.2 Å². The number of thiophene rings is 1. The number of rotatable bonds is 6. The molecule has 0 aliphatic carbocycles. The zero-order valence-electron chi connectivity index (χ0n) is 14.9. The highest BCUT2D eigenvalue weighted by molar-refractivity contribution is 7.17. The van der Waals surface area contributed by atoms with Gasteiger partial charge >= 0.3 is 5.97 Å². The van der Waals surface area contributed by atoms with Crippen molar-refractivity contribution in [3.05, 3.63) is 45.8 Å². The summed E-state index contributed by atoms with van der Waals surface area (Å²) in [7, 11) is 2.98. The van der Waals surface area contributed by atoms with Gasteiger partial charge in [0, 0.05) is 23.9 Å². The van der Waals surface area contributed by atoms with Crippen LogP contribution in [0.15, 0.2) is 34.4 Å². The number of carbonyl (C=O) groups excluding carboxylic acids is 1. The van der Waals surface area contributed by atoms with Gasteiger partial charge in [0.2, 0.25) is 0 Å². The smallest absolute Gasteiger partial charge is 0.305 e. The second-order valence-corrected chi connectivity index (χ2v) is 6.71. The van der Waals surface area contributed by atoms with Crippen LogP contribution in [0.25, 0.3) is 21.3 Å². The predicted molar refractivity (Wildman–Crippen MR) is 102 cm³/mol. The van der Waals surface area contributed by atoms with Gasteiger partial charge in [-0.1, -0.05) is 12.1 Å². The van der Waals surface area contributed by atoms with Crippen LogP contribution in [0, 0.1) is 6.92 Å². The Balaban J connectivity index is 2.00. The number of aromatic nitrogens is 2. The van der Waals surface area contributed by atoms with Crippen LogP contribution in [0.1, 0.15) is 18.7 Å². The fourth-order valence-electron chi connectivity index (χ4n) is 2.86. The fourth-order valence-corrected chi connectivity index (χ4v) is 3.84. The summed E-state index contributed by atoms with van der Waals surface area (Å²) in [5.41, 5.74) is 1.73. The van der Waals surface area contributed by atoms with Crippen molar-refractivity contribution in [3.8, 4) is 16.9 Å². The molecule has 7 heteroatoms. The molecule has 136 valence electrons. The Morgan fingerprint density at radius 2 is 1.96 bits per heavy atom. The largest absolute Gasteiger partial charge is 0.497 e. The average Bonchev–Trinajstić information content (AvgIpc) is 3.08. The quantitative estimate of drug-likeness (QED) is 0.620. The van der Waals surface area contributed by atoms with Gasteiger partial charge in [-0.05, 0) is 31.0 Å². The number of hydrogen-bond acceptors (Lipinski definition) is 6. The zero-order valence-corrected chi connectivity index (χ0v) is 15.8.